The number of nitrogens with zero attached hydrogens (tertiary/aromatic N) is 4. The molecular weight excluding hydrogens is 561 g/mol. The molecule has 1 amide bonds. The first-order valence-electron chi connectivity index (χ1n) is 15.9. The van der Waals surface area contributed by atoms with Gasteiger partial charge in [0.1, 0.15) is 5.82 Å². The molecule has 44 heavy (non-hydrogen) atoms. The highest BCUT2D eigenvalue weighted by Crippen LogP contribution is 2.45. The van der Waals surface area contributed by atoms with Crippen LogP contribution in [0, 0.1) is 6.92 Å². The molecule has 3 atom stereocenters. The Morgan fingerprint density at radius 2 is 1.57 bits per heavy atom. The number of fused-ring (bicyclic) bond motifs is 3. The molecule has 0 saturated carbocycles. The number of aromatic nitrogens is 2. The van der Waals surface area contributed by atoms with Gasteiger partial charge in [0.2, 0.25) is 0 Å². The zero-order valence-corrected chi connectivity index (χ0v) is 25.1. The molecule has 0 spiro atoms. The minimum absolute atomic E-state index is 0.0702. The number of imidazole rings is 1. The summed E-state index contributed by atoms with van der Waals surface area (Å²) in [5.74, 6) is 0.777. The number of amides is 1. The van der Waals surface area contributed by atoms with Crippen LogP contribution in [0.4, 0.5) is 13.2 Å². The Hall–Kier alpha value is -3.65. The van der Waals surface area contributed by atoms with Crippen molar-refractivity contribution in [3.05, 3.63) is 101 Å². The number of likely N-dealkylation sites (tertiary alicyclic amines) is 1. The van der Waals surface area contributed by atoms with Crippen molar-refractivity contribution in [2.24, 2.45) is 0 Å². The van der Waals surface area contributed by atoms with Gasteiger partial charge in [-0.1, -0.05) is 48.5 Å². The van der Waals surface area contributed by atoms with Crippen molar-refractivity contribution in [2.45, 2.75) is 81.6 Å². The Balaban J connectivity index is 1.06. The first kappa shape index (κ1) is 29.1. The van der Waals surface area contributed by atoms with E-state index in [-0.39, 0.29) is 16.9 Å². The lowest BCUT2D eigenvalue weighted by Gasteiger charge is -2.45. The molecule has 0 aliphatic carbocycles. The maximum absolute atomic E-state index is 13.3. The average Bonchev–Trinajstić information content (AvgIpc) is 3.50. The highest BCUT2D eigenvalue weighted by Gasteiger charge is 2.44. The molecule has 0 unspecified atom stereocenters. The van der Waals surface area contributed by atoms with Crippen LogP contribution in [-0.2, 0) is 11.6 Å². The van der Waals surface area contributed by atoms with Crippen LogP contribution in [0.3, 0.4) is 0 Å². The number of hydrogen-bond acceptors (Lipinski definition) is 3. The first-order chi connectivity index (χ1) is 21.2. The van der Waals surface area contributed by atoms with Gasteiger partial charge in [-0.05, 0) is 99.7 Å². The summed E-state index contributed by atoms with van der Waals surface area (Å²) in [6.45, 7) is 4.21. The maximum atomic E-state index is 13.3. The molecule has 0 radical (unpaired) electrons. The molecule has 3 aliphatic heterocycles. The summed E-state index contributed by atoms with van der Waals surface area (Å²) < 4.78 is 42.4. The van der Waals surface area contributed by atoms with Crippen LogP contribution < -0.4 is 0 Å². The van der Waals surface area contributed by atoms with Crippen molar-refractivity contribution < 1.29 is 18.0 Å². The Labute approximate surface area is 256 Å². The van der Waals surface area contributed by atoms with Crippen LogP contribution in [0.15, 0.2) is 78.9 Å². The van der Waals surface area contributed by atoms with Gasteiger partial charge in [0.15, 0.2) is 0 Å². The lowest BCUT2D eigenvalue weighted by molar-refractivity contribution is -0.137. The van der Waals surface area contributed by atoms with Gasteiger partial charge in [-0.25, -0.2) is 4.98 Å². The minimum atomic E-state index is -4.47. The number of carbonyl (C=O) groups excluding carboxylic acids is 1. The van der Waals surface area contributed by atoms with Gasteiger partial charge in [0.05, 0.1) is 16.6 Å². The number of alkyl halides is 3. The first-order valence-corrected chi connectivity index (χ1v) is 15.9. The standard InChI is InChI=1S/C36H39F3N4O/c1-25-40-32-12-5-6-13-33(32)43(25)31-23-29-14-15-30(24-31)42(29)21-18-35(27-9-3-2-4-10-27)16-19-41(20-17-35)34(44)26-8-7-11-28(22-26)36(37,38)39/h2-13,22,29-31H,14-21,23-24H2,1H3/t29-,30+,31+. The van der Waals surface area contributed by atoms with Gasteiger partial charge in [-0.3, -0.25) is 9.69 Å². The van der Waals surface area contributed by atoms with Crippen LogP contribution in [0.2, 0.25) is 0 Å². The molecule has 4 heterocycles. The Morgan fingerprint density at radius 3 is 2.27 bits per heavy atom. The van der Waals surface area contributed by atoms with Gasteiger partial charge in [-0.2, -0.15) is 13.2 Å². The normalized spacial score (nSPS) is 23.7. The second-order valence-corrected chi connectivity index (χ2v) is 13.0. The molecule has 1 aromatic heterocycles. The van der Waals surface area contributed by atoms with E-state index in [1.165, 1.54) is 36.1 Å². The predicted octanol–water partition coefficient (Wildman–Crippen LogP) is 7.80. The molecule has 2 bridgehead atoms. The monoisotopic (exact) mass is 600 g/mol. The molecular formula is C36H39F3N4O. The summed E-state index contributed by atoms with van der Waals surface area (Å²) in [5, 5.41) is 0. The fraction of sp³-hybridized carbons (Fsp3) is 0.444. The van der Waals surface area contributed by atoms with Gasteiger partial charge in [0, 0.05) is 36.8 Å². The number of rotatable bonds is 6. The van der Waals surface area contributed by atoms with Crippen molar-refractivity contribution in [2.75, 3.05) is 19.6 Å². The molecule has 3 fully saturated rings. The van der Waals surface area contributed by atoms with Crippen molar-refractivity contribution in [3.63, 3.8) is 0 Å². The molecule has 8 heteroatoms. The number of halogens is 3. The highest BCUT2D eigenvalue weighted by molar-refractivity contribution is 5.94. The third-order valence-electron chi connectivity index (χ3n) is 10.7. The fourth-order valence-electron chi connectivity index (χ4n) is 8.41. The summed E-state index contributed by atoms with van der Waals surface area (Å²) in [5.41, 5.74) is 2.86. The van der Waals surface area contributed by atoms with E-state index in [0.29, 0.717) is 31.2 Å². The van der Waals surface area contributed by atoms with E-state index in [2.05, 4.69) is 64.9 Å². The fourth-order valence-corrected chi connectivity index (χ4v) is 8.41. The summed E-state index contributed by atoms with van der Waals surface area (Å²) in [6.07, 6.45) is 2.86. The van der Waals surface area contributed by atoms with Crippen LogP contribution >= 0.6 is 0 Å². The summed E-state index contributed by atoms with van der Waals surface area (Å²) >= 11 is 0. The van der Waals surface area contributed by atoms with Crippen molar-refractivity contribution >= 4 is 16.9 Å². The predicted molar refractivity (Wildman–Crippen MR) is 166 cm³/mol. The Morgan fingerprint density at radius 1 is 0.886 bits per heavy atom. The number of para-hydroxylation sites is 2. The van der Waals surface area contributed by atoms with Crippen molar-refractivity contribution in [1.82, 2.24) is 19.4 Å². The molecule has 5 nitrogen and oxygen atoms in total. The molecule has 3 aliphatic rings. The molecule has 0 N–H and O–H groups in total. The van der Waals surface area contributed by atoms with E-state index >= 15 is 0 Å². The lowest BCUT2D eigenvalue weighted by atomic mass is 9.70. The van der Waals surface area contributed by atoms with Crippen molar-refractivity contribution in [1.29, 1.82) is 0 Å². The third kappa shape index (κ3) is 5.31. The summed E-state index contributed by atoms with van der Waals surface area (Å²) in [7, 11) is 0. The van der Waals surface area contributed by atoms with E-state index in [9.17, 15) is 18.0 Å². The average molecular weight is 601 g/mol. The zero-order valence-electron chi connectivity index (χ0n) is 25.1. The smallest absolute Gasteiger partial charge is 0.339 e. The molecule has 7 rings (SSSR count). The van der Waals surface area contributed by atoms with Gasteiger partial charge < -0.3 is 9.47 Å². The largest absolute Gasteiger partial charge is 0.416 e. The number of aryl methyl sites for hydroxylation is 1. The number of carbonyl (C=O) groups is 1. The summed E-state index contributed by atoms with van der Waals surface area (Å²) in [4.78, 5) is 22.6. The Kier molecular flexibility index (Phi) is 7.51. The van der Waals surface area contributed by atoms with E-state index in [0.717, 1.165) is 62.1 Å². The Bertz CT molecular complexity index is 1630. The number of benzene rings is 3. The third-order valence-corrected chi connectivity index (χ3v) is 10.7. The molecule has 4 aromatic rings. The molecule has 230 valence electrons. The van der Waals surface area contributed by atoms with Crippen LogP contribution in [0.25, 0.3) is 11.0 Å². The number of piperidine rings is 2. The van der Waals surface area contributed by atoms with E-state index in [4.69, 9.17) is 4.98 Å². The van der Waals surface area contributed by atoms with Gasteiger partial charge in [-0.15, -0.1) is 0 Å². The van der Waals surface area contributed by atoms with Gasteiger partial charge >= 0.3 is 6.18 Å². The van der Waals surface area contributed by atoms with E-state index < -0.39 is 11.7 Å². The van der Waals surface area contributed by atoms with E-state index in [1.807, 2.05) is 6.07 Å². The second-order valence-electron chi connectivity index (χ2n) is 13.0. The SMILES string of the molecule is Cc1nc2ccccc2n1[C@H]1C[C@H]2CC[C@@H](C1)N2CCC1(c2ccccc2)CCN(C(=O)c2cccc(C(F)(F)F)c2)CC1. The molecule has 3 aromatic carbocycles. The summed E-state index contributed by atoms with van der Waals surface area (Å²) in [6, 6.07) is 25.4. The zero-order chi connectivity index (χ0) is 30.5. The number of hydrogen-bond donors (Lipinski definition) is 0. The minimum Gasteiger partial charge on any atom is -0.339 e. The second kappa shape index (κ2) is 11.4. The van der Waals surface area contributed by atoms with Gasteiger partial charge in [0.25, 0.3) is 5.91 Å². The maximum Gasteiger partial charge on any atom is 0.416 e. The lowest BCUT2D eigenvalue weighted by Crippen LogP contribution is -2.49. The van der Waals surface area contributed by atoms with Crippen LogP contribution in [0.1, 0.15) is 78.3 Å². The van der Waals surface area contributed by atoms with E-state index in [1.54, 1.807) is 4.90 Å². The molecule has 3 saturated heterocycles. The quantitative estimate of drug-likeness (QED) is 0.227. The van der Waals surface area contributed by atoms with Crippen LogP contribution in [-0.4, -0.2) is 57.0 Å². The highest BCUT2D eigenvalue weighted by atomic mass is 19.4. The van der Waals surface area contributed by atoms with Crippen LogP contribution in [0.5, 0.6) is 0 Å². The topological polar surface area (TPSA) is 41.4 Å². The van der Waals surface area contributed by atoms with Crippen molar-refractivity contribution in [3.8, 4) is 0 Å².